The van der Waals surface area contributed by atoms with Gasteiger partial charge in [0.05, 0.1) is 33.3 Å². The molecule has 0 unspecified atom stereocenters. The van der Waals surface area contributed by atoms with Gasteiger partial charge in [-0.3, -0.25) is 14.6 Å². The summed E-state index contributed by atoms with van der Waals surface area (Å²) in [5, 5.41) is 0.685. The van der Waals surface area contributed by atoms with Crippen molar-refractivity contribution in [1.29, 1.82) is 0 Å². The van der Waals surface area contributed by atoms with E-state index in [1.165, 1.54) is 28.2 Å². The minimum atomic E-state index is -0.166. The molecule has 154 valence electrons. The van der Waals surface area contributed by atoms with E-state index < -0.39 is 0 Å². The highest BCUT2D eigenvalue weighted by Gasteiger charge is 2.26. The number of carbonyl (C=O) groups excluding carboxylic acids is 1. The number of halogens is 2. The zero-order chi connectivity index (χ0) is 20.4. The number of hydrogen-bond donors (Lipinski definition) is 0. The van der Waals surface area contributed by atoms with Crippen molar-refractivity contribution < 1.29 is 9.53 Å². The highest BCUT2D eigenvalue weighted by molar-refractivity contribution is 7.22. The fourth-order valence-electron chi connectivity index (χ4n) is 3.27. The minimum absolute atomic E-state index is 0.166. The molecule has 2 aromatic heterocycles. The predicted molar refractivity (Wildman–Crippen MR) is 122 cm³/mol. The molecule has 0 saturated carbocycles. The summed E-state index contributed by atoms with van der Waals surface area (Å²) in [4.78, 5) is 22.1. The van der Waals surface area contributed by atoms with E-state index in [0.717, 1.165) is 49.5 Å². The van der Waals surface area contributed by atoms with Crippen molar-refractivity contribution in [3.05, 3.63) is 44.1 Å². The number of thiophene rings is 1. The number of anilines is 1. The molecule has 1 amide bonds. The third-order valence-corrected chi connectivity index (χ3v) is 7.49. The van der Waals surface area contributed by atoms with Gasteiger partial charge in [0.2, 0.25) is 0 Å². The maximum atomic E-state index is 13.4. The van der Waals surface area contributed by atoms with Crippen LogP contribution in [0.3, 0.4) is 0 Å². The Kier molecular flexibility index (Phi) is 6.73. The molecule has 1 fully saturated rings. The van der Waals surface area contributed by atoms with Crippen LogP contribution in [-0.2, 0) is 11.2 Å². The number of rotatable bonds is 6. The number of fused-ring (bicyclic) bond motifs is 1. The fourth-order valence-corrected chi connectivity index (χ4v) is 5.78. The van der Waals surface area contributed by atoms with Crippen molar-refractivity contribution in [2.75, 3.05) is 44.3 Å². The molecule has 0 aliphatic carbocycles. The van der Waals surface area contributed by atoms with Crippen molar-refractivity contribution in [2.24, 2.45) is 0 Å². The van der Waals surface area contributed by atoms with Gasteiger partial charge in [-0.1, -0.05) is 47.5 Å². The van der Waals surface area contributed by atoms with Crippen LogP contribution in [0.2, 0.25) is 8.67 Å². The molecule has 3 aromatic rings. The molecule has 1 saturated heterocycles. The number of benzene rings is 1. The summed E-state index contributed by atoms with van der Waals surface area (Å²) in [5.74, 6) is -0.166. The van der Waals surface area contributed by atoms with Crippen LogP contribution in [0.4, 0.5) is 5.13 Å². The van der Waals surface area contributed by atoms with E-state index in [0.29, 0.717) is 25.9 Å². The van der Waals surface area contributed by atoms with E-state index >= 15 is 0 Å². The van der Waals surface area contributed by atoms with E-state index in [4.69, 9.17) is 32.9 Å². The standard InChI is InChI=1S/C20H21Cl2N3O2S2/c1-2-13-3-4-15-16(11-13)28-20(23-15)25(6-5-24-7-9-27-10-8-24)19(26)14-12-17(21)29-18(14)22/h3-4,11-12H,2,5-10H2,1H3. The first-order valence-corrected chi connectivity index (χ1v) is 11.9. The Labute approximate surface area is 187 Å². The van der Waals surface area contributed by atoms with Crippen LogP contribution in [0.1, 0.15) is 22.8 Å². The Hall–Kier alpha value is -1.22. The van der Waals surface area contributed by atoms with Gasteiger partial charge in [0.1, 0.15) is 4.34 Å². The molecule has 0 N–H and O–H groups in total. The number of aryl methyl sites for hydroxylation is 1. The smallest absolute Gasteiger partial charge is 0.262 e. The van der Waals surface area contributed by atoms with Crippen LogP contribution in [0.15, 0.2) is 24.3 Å². The lowest BCUT2D eigenvalue weighted by Crippen LogP contribution is -2.43. The average molecular weight is 470 g/mol. The van der Waals surface area contributed by atoms with Crippen molar-refractivity contribution in [2.45, 2.75) is 13.3 Å². The predicted octanol–water partition coefficient (Wildman–Crippen LogP) is 5.21. The monoisotopic (exact) mass is 469 g/mol. The third kappa shape index (κ3) is 4.76. The lowest BCUT2D eigenvalue weighted by atomic mass is 10.2. The zero-order valence-electron chi connectivity index (χ0n) is 16.0. The summed E-state index contributed by atoms with van der Waals surface area (Å²) in [6.07, 6.45) is 0.964. The summed E-state index contributed by atoms with van der Waals surface area (Å²) in [5.41, 5.74) is 2.59. The SMILES string of the molecule is CCc1ccc2nc(N(CCN3CCOCC3)C(=O)c3cc(Cl)sc3Cl)sc2c1. The van der Waals surface area contributed by atoms with Crippen LogP contribution in [0, 0.1) is 0 Å². The Bertz CT molecular complexity index is 1010. The Balaban J connectivity index is 1.65. The van der Waals surface area contributed by atoms with Gasteiger partial charge in [0.15, 0.2) is 5.13 Å². The van der Waals surface area contributed by atoms with Gasteiger partial charge in [-0.05, 0) is 30.2 Å². The van der Waals surface area contributed by atoms with Crippen LogP contribution in [0.25, 0.3) is 10.2 Å². The highest BCUT2D eigenvalue weighted by Crippen LogP contribution is 2.35. The molecule has 3 heterocycles. The van der Waals surface area contributed by atoms with E-state index in [1.807, 2.05) is 6.07 Å². The summed E-state index contributed by atoms with van der Waals surface area (Å²) in [6.45, 7) is 6.59. The molecule has 1 aliphatic heterocycles. The average Bonchev–Trinajstić information content (AvgIpc) is 3.30. The van der Waals surface area contributed by atoms with Gasteiger partial charge in [-0.25, -0.2) is 4.98 Å². The van der Waals surface area contributed by atoms with Crippen molar-refractivity contribution in [3.63, 3.8) is 0 Å². The second-order valence-corrected chi connectivity index (χ2v) is 10.1. The van der Waals surface area contributed by atoms with Gasteiger partial charge in [0.25, 0.3) is 5.91 Å². The van der Waals surface area contributed by atoms with E-state index in [1.54, 1.807) is 11.0 Å². The molecule has 0 radical (unpaired) electrons. The first-order chi connectivity index (χ1) is 14.0. The number of hydrogen-bond acceptors (Lipinski definition) is 6. The number of thiazole rings is 1. The number of nitrogens with zero attached hydrogens (tertiary/aromatic N) is 3. The molecule has 29 heavy (non-hydrogen) atoms. The molecule has 1 aromatic carbocycles. The van der Waals surface area contributed by atoms with Crippen molar-refractivity contribution in [3.8, 4) is 0 Å². The molecular formula is C20H21Cl2N3O2S2. The fraction of sp³-hybridized carbons (Fsp3) is 0.400. The van der Waals surface area contributed by atoms with Gasteiger partial charge in [-0.15, -0.1) is 11.3 Å². The first kappa shape index (κ1) is 21.0. The molecule has 1 aliphatic rings. The maximum Gasteiger partial charge on any atom is 0.262 e. The van der Waals surface area contributed by atoms with Crippen LogP contribution in [-0.4, -0.2) is 55.2 Å². The molecule has 5 nitrogen and oxygen atoms in total. The van der Waals surface area contributed by atoms with E-state index in [-0.39, 0.29) is 5.91 Å². The van der Waals surface area contributed by atoms with Gasteiger partial charge in [0, 0.05) is 26.2 Å². The zero-order valence-corrected chi connectivity index (χ0v) is 19.1. The quantitative estimate of drug-likeness (QED) is 0.497. The van der Waals surface area contributed by atoms with Gasteiger partial charge >= 0.3 is 0 Å². The number of ether oxygens (including phenoxy) is 1. The first-order valence-electron chi connectivity index (χ1n) is 9.51. The lowest BCUT2D eigenvalue weighted by molar-refractivity contribution is 0.0391. The number of amides is 1. The third-order valence-electron chi connectivity index (χ3n) is 4.96. The maximum absolute atomic E-state index is 13.4. The normalized spacial score (nSPS) is 15.1. The molecule has 0 spiro atoms. The second kappa shape index (κ2) is 9.29. The lowest BCUT2D eigenvalue weighted by Gasteiger charge is -2.29. The molecule has 4 rings (SSSR count). The van der Waals surface area contributed by atoms with E-state index in [9.17, 15) is 4.79 Å². The van der Waals surface area contributed by atoms with Crippen LogP contribution < -0.4 is 4.90 Å². The topological polar surface area (TPSA) is 45.7 Å². The van der Waals surface area contributed by atoms with Gasteiger partial charge < -0.3 is 4.74 Å². The molecule has 9 heteroatoms. The summed E-state index contributed by atoms with van der Waals surface area (Å²) >= 11 is 15.1. The van der Waals surface area contributed by atoms with Crippen LogP contribution in [0.5, 0.6) is 0 Å². The largest absolute Gasteiger partial charge is 0.379 e. The summed E-state index contributed by atoms with van der Waals surface area (Å²) < 4.78 is 7.42. The molecule has 0 bridgehead atoms. The number of morpholine rings is 1. The summed E-state index contributed by atoms with van der Waals surface area (Å²) in [7, 11) is 0. The van der Waals surface area contributed by atoms with Crippen LogP contribution >= 0.6 is 45.9 Å². The number of aromatic nitrogens is 1. The van der Waals surface area contributed by atoms with Crippen molar-refractivity contribution >= 4 is 67.1 Å². The highest BCUT2D eigenvalue weighted by atomic mass is 35.5. The Morgan fingerprint density at radius 1 is 1.24 bits per heavy atom. The molecular weight excluding hydrogens is 449 g/mol. The minimum Gasteiger partial charge on any atom is -0.379 e. The van der Waals surface area contributed by atoms with Gasteiger partial charge in [-0.2, -0.15) is 0 Å². The second-order valence-electron chi connectivity index (χ2n) is 6.80. The molecule has 0 atom stereocenters. The number of carbonyl (C=O) groups is 1. The Morgan fingerprint density at radius 2 is 2.03 bits per heavy atom. The van der Waals surface area contributed by atoms with E-state index in [2.05, 4.69) is 24.0 Å². The Morgan fingerprint density at radius 3 is 2.72 bits per heavy atom. The summed E-state index contributed by atoms with van der Waals surface area (Å²) in [6, 6.07) is 7.89. The van der Waals surface area contributed by atoms with Crippen molar-refractivity contribution in [1.82, 2.24) is 9.88 Å².